The lowest BCUT2D eigenvalue weighted by Gasteiger charge is -1.99. The summed E-state index contributed by atoms with van der Waals surface area (Å²) in [4.78, 5) is 15.8. The van der Waals surface area contributed by atoms with Gasteiger partial charge in [0, 0.05) is 5.22 Å². The van der Waals surface area contributed by atoms with Gasteiger partial charge in [-0.05, 0) is 12.1 Å². The number of furan rings is 1. The Labute approximate surface area is 123 Å². The first kappa shape index (κ1) is 14.9. The van der Waals surface area contributed by atoms with Crippen molar-refractivity contribution in [1.82, 2.24) is 0 Å². The van der Waals surface area contributed by atoms with E-state index in [-0.39, 0.29) is 5.97 Å². The van der Waals surface area contributed by atoms with Crippen LogP contribution in [0.25, 0.3) is 12.2 Å². The summed E-state index contributed by atoms with van der Waals surface area (Å²) in [7, 11) is 1.95. The Kier molecular flexibility index (Phi) is 5.04. The molecule has 7 heteroatoms. The van der Waals surface area contributed by atoms with Crippen molar-refractivity contribution in [3.63, 3.8) is 0 Å². The van der Waals surface area contributed by atoms with Crippen LogP contribution in [0.5, 0.6) is 0 Å². The highest BCUT2D eigenvalue weighted by atomic mass is 32.2. The van der Waals surface area contributed by atoms with E-state index in [0.717, 1.165) is 5.22 Å². The van der Waals surface area contributed by atoms with Crippen LogP contribution in [0.1, 0.15) is 5.76 Å². The molecular weight excluding hydrogens is 292 g/mol. The fourth-order valence-electron chi connectivity index (χ4n) is 1.73. The molecule has 2 heterocycles. The fraction of sp³-hybridized carbons (Fsp3) is 0.0769. The number of carbonyl (C=O) groups is 1. The molecule has 4 nitrogen and oxygen atoms in total. The van der Waals surface area contributed by atoms with Crippen LogP contribution in [-0.2, 0) is 9.32 Å². The minimum absolute atomic E-state index is 0.361. The number of aliphatic imine (C=N–C) groups is 1. The molecule has 20 heavy (non-hydrogen) atoms. The molecule has 0 saturated heterocycles. The lowest BCUT2D eigenvalue weighted by Crippen LogP contribution is -2.20. The summed E-state index contributed by atoms with van der Waals surface area (Å²) in [6.07, 6.45) is 6.96. The van der Waals surface area contributed by atoms with Crippen LogP contribution in [0.2, 0.25) is 0 Å². The average molecular weight is 305 g/mol. The summed E-state index contributed by atoms with van der Waals surface area (Å²) < 4.78 is 10.4. The van der Waals surface area contributed by atoms with Crippen molar-refractivity contribution in [3.05, 3.63) is 47.8 Å². The van der Waals surface area contributed by atoms with Crippen molar-refractivity contribution in [2.24, 2.45) is 4.99 Å². The second kappa shape index (κ2) is 6.77. The summed E-state index contributed by atoms with van der Waals surface area (Å²) in [6.45, 7) is 7.89. The third-order valence-electron chi connectivity index (χ3n) is 2.61. The van der Waals surface area contributed by atoms with Gasteiger partial charge in [-0.3, -0.25) is 9.79 Å². The molecular formula is C13H13BNO3PS. The van der Waals surface area contributed by atoms with Gasteiger partial charge in [-0.2, -0.15) is 11.6 Å². The first-order chi connectivity index (χ1) is 9.69. The van der Waals surface area contributed by atoms with Crippen molar-refractivity contribution in [3.8, 4) is 0 Å². The maximum Gasteiger partial charge on any atom is 0.325 e. The molecule has 2 rings (SSSR count). The molecule has 0 N–H and O–H groups in total. The van der Waals surface area contributed by atoms with Crippen molar-refractivity contribution in [1.29, 1.82) is 0 Å². The SMILES string of the molecule is C=C/C=c1/cc(C2=NC(C(=O)OP)BS2)o/c1=C/C=C. The van der Waals surface area contributed by atoms with Gasteiger partial charge in [-0.1, -0.05) is 31.4 Å². The van der Waals surface area contributed by atoms with Gasteiger partial charge in [0.05, 0.1) is 9.47 Å². The molecule has 0 bridgehead atoms. The van der Waals surface area contributed by atoms with Gasteiger partial charge in [0.2, 0.25) is 6.56 Å². The van der Waals surface area contributed by atoms with Crippen LogP contribution in [0.15, 0.2) is 40.8 Å². The lowest BCUT2D eigenvalue weighted by molar-refractivity contribution is -0.132. The highest BCUT2D eigenvalue weighted by Gasteiger charge is 2.29. The third kappa shape index (κ3) is 3.14. The van der Waals surface area contributed by atoms with Crippen LogP contribution >= 0.6 is 21.1 Å². The van der Waals surface area contributed by atoms with E-state index in [4.69, 9.17) is 4.42 Å². The predicted octanol–water partition coefficient (Wildman–Crippen LogP) is 0.717. The lowest BCUT2D eigenvalue weighted by atomic mass is 9.96. The zero-order chi connectivity index (χ0) is 14.5. The standard InChI is InChI=1S/C13H13BNO3PS/c1-3-5-8-7-10(17-9(8)6-4-2)12-15-11(14-20-12)13(16)18-19/h3-7,11,14H,1-2,19H2/b8-5-,9-6+. The van der Waals surface area contributed by atoms with E-state index >= 15 is 0 Å². The monoisotopic (exact) mass is 305 g/mol. The van der Waals surface area contributed by atoms with Gasteiger partial charge < -0.3 is 8.94 Å². The maximum atomic E-state index is 11.4. The van der Waals surface area contributed by atoms with E-state index < -0.39 is 5.94 Å². The molecule has 0 aromatic carbocycles. The highest BCUT2D eigenvalue weighted by Crippen LogP contribution is 2.21. The van der Waals surface area contributed by atoms with Crippen molar-refractivity contribution < 1.29 is 13.7 Å². The van der Waals surface area contributed by atoms with Crippen LogP contribution in [0.4, 0.5) is 0 Å². The normalized spacial score (nSPS) is 19.4. The molecule has 1 aliphatic heterocycles. The minimum atomic E-state index is -0.476. The number of hydrogen-bond acceptors (Lipinski definition) is 5. The van der Waals surface area contributed by atoms with Gasteiger partial charge >= 0.3 is 5.97 Å². The second-order valence-corrected chi connectivity index (χ2v) is 5.18. The van der Waals surface area contributed by atoms with E-state index in [9.17, 15) is 4.79 Å². The first-order valence-electron chi connectivity index (χ1n) is 5.86. The third-order valence-corrected chi connectivity index (χ3v) is 3.90. The Balaban J connectivity index is 2.40. The molecule has 1 aromatic heterocycles. The zero-order valence-electron chi connectivity index (χ0n) is 10.7. The summed E-state index contributed by atoms with van der Waals surface area (Å²) in [5.41, 5.74) is 0.690. The average Bonchev–Trinajstić information content (AvgIpc) is 3.06. The van der Waals surface area contributed by atoms with Crippen LogP contribution in [-0.4, -0.2) is 23.5 Å². The van der Waals surface area contributed by atoms with E-state index in [1.165, 1.54) is 11.6 Å². The Bertz CT molecular complexity index is 657. The van der Waals surface area contributed by atoms with Crippen LogP contribution in [0, 0.1) is 0 Å². The molecule has 0 amide bonds. The van der Waals surface area contributed by atoms with Gasteiger partial charge in [-0.15, -0.1) is 0 Å². The molecule has 0 fully saturated rings. The van der Waals surface area contributed by atoms with E-state index in [0.29, 0.717) is 22.8 Å². The van der Waals surface area contributed by atoms with Gasteiger partial charge in [0.1, 0.15) is 16.4 Å². The molecule has 2 atom stereocenters. The molecule has 1 aliphatic rings. The number of allylic oxidation sites excluding steroid dienone is 2. The Hall–Kier alpha value is -1.52. The molecule has 0 saturated carbocycles. The maximum absolute atomic E-state index is 11.4. The van der Waals surface area contributed by atoms with Gasteiger partial charge in [0.15, 0.2) is 5.76 Å². The van der Waals surface area contributed by atoms with Crippen LogP contribution < -0.4 is 10.6 Å². The van der Waals surface area contributed by atoms with Crippen molar-refractivity contribution >= 4 is 50.8 Å². The largest absolute Gasteiger partial charge is 0.454 e. The minimum Gasteiger partial charge on any atom is -0.454 e. The highest BCUT2D eigenvalue weighted by molar-refractivity contribution is 8.35. The van der Waals surface area contributed by atoms with Crippen molar-refractivity contribution in [2.75, 3.05) is 0 Å². The molecule has 0 aliphatic carbocycles. The van der Waals surface area contributed by atoms with Gasteiger partial charge in [0.25, 0.3) is 0 Å². The van der Waals surface area contributed by atoms with E-state index in [1.807, 2.05) is 21.6 Å². The van der Waals surface area contributed by atoms with Crippen LogP contribution in [0.3, 0.4) is 0 Å². The molecule has 0 spiro atoms. The Morgan fingerprint density at radius 2 is 2.25 bits per heavy atom. The summed E-state index contributed by atoms with van der Waals surface area (Å²) in [6, 6.07) is 1.87. The molecule has 2 unspecified atom stereocenters. The number of carbonyl (C=O) groups excluding carboxylic acids is 1. The van der Waals surface area contributed by atoms with E-state index in [1.54, 1.807) is 18.2 Å². The molecule has 1 aromatic rings. The number of nitrogens with zero attached hydrogens (tertiary/aromatic N) is 1. The number of hydrogen-bond donors (Lipinski definition) is 0. The summed E-state index contributed by atoms with van der Waals surface area (Å²) in [5.74, 6) is -0.202. The fourth-order valence-corrected chi connectivity index (χ4v) is 2.86. The second-order valence-electron chi connectivity index (χ2n) is 3.93. The zero-order valence-corrected chi connectivity index (χ0v) is 12.7. The molecule has 102 valence electrons. The summed E-state index contributed by atoms with van der Waals surface area (Å²) in [5, 5.41) is 1.60. The Morgan fingerprint density at radius 3 is 2.90 bits per heavy atom. The van der Waals surface area contributed by atoms with Gasteiger partial charge in [-0.25, -0.2) is 0 Å². The number of rotatable bonds is 4. The Morgan fingerprint density at radius 1 is 1.50 bits per heavy atom. The van der Waals surface area contributed by atoms with Crippen molar-refractivity contribution in [2.45, 2.75) is 5.94 Å². The quantitative estimate of drug-likeness (QED) is 0.607. The van der Waals surface area contributed by atoms with E-state index in [2.05, 4.69) is 22.7 Å². The smallest absolute Gasteiger partial charge is 0.325 e. The first-order valence-corrected chi connectivity index (χ1v) is 7.32. The molecule has 0 radical (unpaired) electrons. The summed E-state index contributed by atoms with van der Waals surface area (Å²) >= 11 is 1.47. The topological polar surface area (TPSA) is 51.8 Å². The predicted molar refractivity (Wildman–Crippen MR) is 88.1 cm³/mol.